The first-order valence-electron chi connectivity index (χ1n) is 8.50. The Morgan fingerprint density at radius 1 is 1.21 bits per heavy atom. The summed E-state index contributed by atoms with van der Waals surface area (Å²) >= 11 is 0. The average Bonchev–Trinajstić information content (AvgIpc) is 3.15. The van der Waals surface area contributed by atoms with E-state index in [-0.39, 0.29) is 0 Å². The van der Waals surface area contributed by atoms with Gasteiger partial charge in [-0.3, -0.25) is 4.79 Å². The van der Waals surface area contributed by atoms with Gasteiger partial charge in [-0.2, -0.15) is 5.21 Å². The van der Waals surface area contributed by atoms with Crippen LogP contribution >= 0.6 is 0 Å². The lowest BCUT2D eigenvalue weighted by Crippen LogP contribution is -2.49. The average molecular weight is 327 g/mol. The van der Waals surface area contributed by atoms with Crippen molar-refractivity contribution >= 4 is 5.97 Å². The van der Waals surface area contributed by atoms with Gasteiger partial charge >= 0.3 is 5.97 Å². The van der Waals surface area contributed by atoms with Crippen molar-refractivity contribution in [2.24, 2.45) is 11.8 Å². The van der Waals surface area contributed by atoms with Crippen molar-refractivity contribution in [1.82, 2.24) is 25.9 Å². The zero-order valence-corrected chi connectivity index (χ0v) is 13.4. The van der Waals surface area contributed by atoms with Crippen LogP contribution in [0.3, 0.4) is 0 Å². The van der Waals surface area contributed by atoms with E-state index < -0.39 is 12.0 Å². The fourth-order valence-corrected chi connectivity index (χ4v) is 4.27. The second-order valence-electron chi connectivity index (χ2n) is 6.93. The molecule has 7 nitrogen and oxygen atoms in total. The molecule has 1 saturated heterocycles. The van der Waals surface area contributed by atoms with Crippen molar-refractivity contribution in [1.29, 1.82) is 0 Å². The van der Waals surface area contributed by atoms with Crippen LogP contribution in [0.1, 0.15) is 37.2 Å². The molecule has 4 rings (SSSR count). The Balaban J connectivity index is 1.51. The number of carboxylic acid groups (broad SMARTS) is 1. The molecule has 3 N–H and O–H groups in total. The quantitative estimate of drug-likeness (QED) is 0.794. The molecule has 1 aromatic carbocycles. The van der Waals surface area contributed by atoms with Gasteiger partial charge in [0.2, 0.25) is 5.82 Å². The Morgan fingerprint density at radius 3 is 2.92 bits per heavy atom. The number of carbonyl (C=O) groups is 1. The molecule has 2 aliphatic rings. The van der Waals surface area contributed by atoms with Crippen molar-refractivity contribution < 1.29 is 9.90 Å². The molecule has 0 amide bonds. The molecule has 126 valence electrons. The van der Waals surface area contributed by atoms with Gasteiger partial charge in [0.05, 0.1) is 0 Å². The number of hydrogen-bond donors (Lipinski definition) is 3. The van der Waals surface area contributed by atoms with E-state index >= 15 is 0 Å². The number of aromatic nitrogens is 4. The van der Waals surface area contributed by atoms with Crippen LogP contribution in [0.4, 0.5) is 0 Å². The molecule has 2 fully saturated rings. The van der Waals surface area contributed by atoms with E-state index in [1.54, 1.807) is 0 Å². The summed E-state index contributed by atoms with van der Waals surface area (Å²) in [6, 6.07) is 7.94. The second kappa shape index (κ2) is 6.32. The van der Waals surface area contributed by atoms with Crippen molar-refractivity contribution in [2.45, 2.75) is 37.6 Å². The van der Waals surface area contributed by atoms with E-state index in [1.165, 1.54) is 5.56 Å². The molecular weight excluding hydrogens is 306 g/mol. The van der Waals surface area contributed by atoms with Crippen LogP contribution in [0.25, 0.3) is 11.4 Å². The molecule has 0 bridgehead atoms. The maximum absolute atomic E-state index is 11.3. The number of H-pyrrole nitrogens is 1. The Morgan fingerprint density at radius 2 is 2.12 bits per heavy atom. The maximum Gasteiger partial charge on any atom is 0.320 e. The highest BCUT2D eigenvalue weighted by molar-refractivity contribution is 5.73. The minimum atomic E-state index is -0.727. The lowest BCUT2D eigenvalue weighted by atomic mass is 9.68. The molecule has 7 heteroatoms. The van der Waals surface area contributed by atoms with E-state index in [0.717, 1.165) is 37.8 Å². The van der Waals surface area contributed by atoms with E-state index in [9.17, 15) is 9.90 Å². The molecular formula is C17H21N5O2. The highest BCUT2D eigenvalue weighted by Crippen LogP contribution is 2.43. The monoisotopic (exact) mass is 327 g/mol. The Labute approximate surface area is 139 Å². The third-order valence-corrected chi connectivity index (χ3v) is 5.56. The van der Waals surface area contributed by atoms with E-state index in [1.807, 2.05) is 12.1 Å². The fourth-order valence-electron chi connectivity index (χ4n) is 4.27. The predicted octanol–water partition coefficient (Wildman–Crippen LogP) is 1.81. The standard InChI is InChI=1S/C17H21N5O2/c23-17(24)15-8-14-7-11(4-5-13(14)9-18-15)10-2-1-3-12(6-10)16-19-21-22-20-16/h1-3,6,11,13-15,18H,4-5,7-9H2,(H,23,24)(H,19,20,21,22)/t11-,13-,14+,15-/m0/s1. The number of tetrazole rings is 1. The summed E-state index contributed by atoms with van der Waals surface area (Å²) in [7, 11) is 0. The summed E-state index contributed by atoms with van der Waals surface area (Å²) in [4.78, 5) is 11.3. The number of nitrogens with one attached hydrogen (secondary N) is 2. The molecule has 24 heavy (non-hydrogen) atoms. The first-order valence-corrected chi connectivity index (χ1v) is 8.50. The minimum absolute atomic E-state index is 0.393. The third kappa shape index (κ3) is 2.91. The smallest absolute Gasteiger partial charge is 0.320 e. The van der Waals surface area contributed by atoms with Crippen LogP contribution in [0, 0.1) is 11.8 Å². The van der Waals surface area contributed by atoms with Gasteiger partial charge in [-0.25, -0.2) is 0 Å². The molecule has 0 spiro atoms. The van der Waals surface area contributed by atoms with E-state index in [0.29, 0.717) is 23.6 Å². The summed E-state index contributed by atoms with van der Waals surface area (Å²) in [6.45, 7) is 0.831. The van der Waals surface area contributed by atoms with Crippen LogP contribution < -0.4 is 5.32 Å². The topological polar surface area (TPSA) is 104 Å². The first-order chi connectivity index (χ1) is 11.7. The van der Waals surface area contributed by atoms with Crippen LogP contribution in [0.15, 0.2) is 24.3 Å². The van der Waals surface area contributed by atoms with E-state index in [2.05, 4.69) is 38.1 Å². The van der Waals surface area contributed by atoms with Crippen molar-refractivity contribution in [3.63, 3.8) is 0 Å². The number of hydrogen-bond acceptors (Lipinski definition) is 5. The molecule has 1 aliphatic heterocycles. The third-order valence-electron chi connectivity index (χ3n) is 5.56. The first kappa shape index (κ1) is 15.3. The van der Waals surface area contributed by atoms with Gasteiger partial charge in [-0.15, -0.1) is 10.2 Å². The second-order valence-corrected chi connectivity index (χ2v) is 6.93. The highest BCUT2D eigenvalue weighted by atomic mass is 16.4. The Hall–Kier alpha value is -2.28. The van der Waals surface area contributed by atoms with Crippen LogP contribution in [-0.2, 0) is 4.79 Å². The van der Waals surface area contributed by atoms with Gasteiger partial charge in [-0.05, 0) is 66.8 Å². The SMILES string of the molecule is O=C(O)[C@@H]1C[C@H]2C[C@@H](c3cccc(-c4nn[nH]n4)c3)CC[C@H]2CN1. The van der Waals surface area contributed by atoms with Gasteiger partial charge in [0, 0.05) is 5.56 Å². The number of piperidine rings is 1. The van der Waals surface area contributed by atoms with Crippen LogP contribution in [-0.4, -0.2) is 44.3 Å². The lowest BCUT2D eigenvalue weighted by molar-refractivity contribution is -0.141. The number of rotatable bonds is 3. The molecule has 1 aromatic heterocycles. The van der Waals surface area contributed by atoms with Gasteiger partial charge in [0.1, 0.15) is 6.04 Å². The van der Waals surface area contributed by atoms with Gasteiger partial charge in [0.15, 0.2) is 0 Å². The predicted molar refractivity (Wildman–Crippen MR) is 87.2 cm³/mol. The summed E-state index contributed by atoms with van der Waals surface area (Å²) < 4.78 is 0. The Kier molecular flexibility index (Phi) is 4.02. The molecule has 1 saturated carbocycles. The number of fused-ring (bicyclic) bond motifs is 1. The van der Waals surface area contributed by atoms with Crippen molar-refractivity contribution in [3.05, 3.63) is 29.8 Å². The zero-order chi connectivity index (χ0) is 16.5. The van der Waals surface area contributed by atoms with Crippen LogP contribution in [0.2, 0.25) is 0 Å². The zero-order valence-electron chi connectivity index (χ0n) is 13.4. The molecule has 1 aliphatic carbocycles. The number of aromatic amines is 1. The molecule has 2 heterocycles. The van der Waals surface area contributed by atoms with Crippen molar-refractivity contribution in [2.75, 3.05) is 6.54 Å². The molecule has 0 unspecified atom stereocenters. The molecule has 2 aromatic rings. The summed E-state index contributed by atoms with van der Waals surface area (Å²) in [5.74, 6) is 1.45. The largest absolute Gasteiger partial charge is 0.480 e. The highest BCUT2D eigenvalue weighted by Gasteiger charge is 2.38. The molecule has 0 radical (unpaired) electrons. The van der Waals surface area contributed by atoms with Gasteiger partial charge < -0.3 is 10.4 Å². The summed E-state index contributed by atoms with van der Waals surface area (Å²) in [6.07, 6.45) is 4.10. The number of aliphatic carboxylic acids is 1. The van der Waals surface area contributed by atoms with Gasteiger partial charge in [0.25, 0.3) is 0 Å². The normalized spacial score (nSPS) is 29.8. The van der Waals surface area contributed by atoms with E-state index in [4.69, 9.17) is 0 Å². The summed E-state index contributed by atoms with van der Waals surface area (Å²) in [5.41, 5.74) is 2.26. The Bertz CT molecular complexity index is 718. The lowest BCUT2D eigenvalue weighted by Gasteiger charge is -2.41. The number of nitrogens with zero attached hydrogens (tertiary/aromatic N) is 3. The van der Waals surface area contributed by atoms with Crippen molar-refractivity contribution in [3.8, 4) is 11.4 Å². The maximum atomic E-state index is 11.3. The molecule has 4 atom stereocenters. The van der Waals surface area contributed by atoms with Crippen LogP contribution in [0.5, 0.6) is 0 Å². The number of carboxylic acids is 1. The fraction of sp³-hybridized carbons (Fsp3) is 0.529. The van der Waals surface area contributed by atoms with Gasteiger partial charge in [-0.1, -0.05) is 18.2 Å². The number of benzene rings is 1. The summed E-state index contributed by atoms with van der Waals surface area (Å²) in [5, 5.41) is 26.6. The minimum Gasteiger partial charge on any atom is -0.480 e.